The molecule has 2 aliphatic rings. The van der Waals surface area contributed by atoms with Gasteiger partial charge < -0.3 is 9.80 Å². The zero-order valence-electron chi connectivity index (χ0n) is 19.8. The third-order valence-corrected chi connectivity index (χ3v) is 6.92. The number of carbonyl (C=O) groups is 2. The SMILES string of the molecule is CC(=O)N1c2ccccc2CC1CN(CCn1cccn1)CC(=O)N1c2ccccc2CC1C. The van der Waals surface area contributed by atoms with Gasteiger partial charge in [0.1, 0.15) is 0 Å². The minimum absolute atomic E-state index is 0.00334. The van der Waals surface area contributed by atoms with Crippen LogP contribution in [0.4, 0.5) is 11.4 Å². The van der Waals surface area contributed by atoms with E-state index < -0.39 is 0 Å². The number of rotatable bonds is 7. The maximum Gasteiger partial charge on any atom is 0.241 e. The Morgan fingerprint density at radius 1 is 0.971 bits per heavy atom. The lowest BCUT2D eigenvalue weighted by molar-refractivity contribution is -0.120. The summed E-state index contributed by atoms with van der Waals surface area (Å²) in [6, 6.07) is 18.3. The van der Waals surface area contributed by atoms with Gasteiger partial charge in [-0.15, -0.1) is 0 Å². The number of carbonyl (C=O) groups excluding carboxylic acids is 2. The van der Waals surface area contributed by atoms with Gasteiger partial charge in [0.15, 0.2) is 0 Å². The molecule has 3 aromatic rings. The molecule has 3 heterocycles. The van der Waals surface area contributed by atoms with Crippen molar-refractivity contribution in [1.82, 2.24) is 14.7 Å². The fourth-order valence-electron chi connectivity index (χ4n) is 5.46. The normalized spacial score (nSPS) is 18.9. The zero-order valence-corrected chi connectivity index (χ0v) is 19.8. The Kier molecular flexibility index (Phi) is 6.20. The van der Waals surface area contributed by atoms with Crippen molar-refractivity contribution in [3.8, 4) is 0 Å². The summed E-state index contributed by atoms with van der Waals surface area (Å²) in [6.45, 7) is 6.03. The van der Waals surface area contributed by atoms with Crippen molar-refractivity contribution < 1.29 is 9.59 Å². The van der Waals surface area contributed by atoms with Crippen molar-refractivity contribution in [3.63, 3.8) is 0 Å². The summed E-state index contributed by atoms with van der Waals surface area (Å²) in [5, 5.41) is 4.32. The van der Waals surface area contributed by atoms with E-state index in [1.807, 2.05) is 63.1 Å². The van der Waals surface area contributed by atoms with Gasteiger partial charge in [-0.2, -0.15) is 5.10 Å². The van der Waals surface area contributed by atoms with Crippen molar-refractivity contribution in [1.29, 1.82) is 0 Å². The minimum Gasteiger partial charge on any atom is -0.308 e. The molecule has 0 saturated carbocycles. The van der Waals surface area contributed by atoms with Crippen LogP contribution >= 0.6 is 0 Å². The van der Waals surface area contributed by atoms with Crippen LogP contribution in [0.3, 0.4) is 0 Å². The zero-order chi connectivity index (χ0) is 23.7. The van der Waals surface area contributed by atoms with Gasteiger partial charge in [0.2, 0.25) is 11.8 Å². The number of hydrogen-bond donors (Lipinski definition) is 0. The molecule has 2 aromatic carbocycles. The van der Waals surface area contributed by atoms with Gasteiger partial charge in [-0.25, -0.2) is 0 Å². The second-order valence-electron chi connectivity index (χ2n) is 9.33. The number of benzene rings is 2. The molecule has 0 N–H and O–H groups in total. The lowest BCUT2D eigenvalue weighted by atomic mass is 10.1. The van der Waals surface area contributed by atoms with Crippen LogP contribution in [0.1, 0.15) is 25.0 Å². The molecule has 1 aromatic heterocycles. The smallest absolute Gasteiger partial charge is 0.241 e. The number of para-hydroxylation sites is 2. The first-order valence-corrected chi connectivity index (χ1v) is 12.0. The van der Waals surface area contributed by atoms with Crippen molar-refractivity contribution in [2.45, 2.75) is 45.3 Å². The molecular formula is C27H31N5O2. The van der Waals surface area contributed by atoms with E-state index in [0.29, 0.717) is 26.2 Å². The van der Waals surface area contributed by atoms with Crippen LogP contribution in [0.2, 0.25) is 0 Å². The molecule has 0 bridgehead atoms. The van der Waals surface area contributed by atoms with E-state index in [2.05, 4.69) is 29.1 Å². The molecule has 2 amide bonds. The van der Waals surface area contributed by atoms with E-state index in [1.165, 1.54) is 11.1 Å². The number of aromatic nitrogens is 2. The summed E-state index contributed by atoms with van der Waals surface area (Å²) >= 11 is 0. The average Bonchev–Trinajstić information content (AvgIpc) is 3.53. The highest BCUT2D eigenvalue weighted by Crippen LogP contribution is 2.34. The summed E-state index contributed by atoms with van der Waals surface area (Å²) in [5.41, 5.74) is 4.41. The van der Waals surface area contributed by atoms with Crippen LogP contribution in [-0.4, -0.2) is 58.2 Å². The molecule has 0 aliphatic carbocycles. The fraction of sp³-hybridized carbons (Fsp3) is 0.370. The number of hydrogen-bond acceptors (Lipinski definition) is 4. The van der Waals surface area contributed by atoms with Crippen molar-refractivity contribution in [3.05, 3.63) is 78.1 Å². The van der Waals surface area contributed by atoms with Gasteiger partial charge in [0, 0.05) is 49.8 Å². The number of nitrogens with zero attached hydrogens (tertiary/aromatic N) is 5. The predicted molar refractivity (Wildman–Crippen MR) is 133 cm³/mol. The van der Waals surface area contributed by atoms with E-state index in [9.17, 15) is 9.59 Å². The van der Waals surface area contributed by atoms with Crippen molar-refractivity contribution in [2.75, 3.05) is 29.4 Å². The van der Waals surface area contributed by atoms with Gasteiger partial charge in [0.25, 0.3) is 0 Å². The summed E-state index contributed by atoms with van der Waals surface area (Å²) in [6.07, 6.45) is 5.38. The topological polar surface area (TPSA) is 61.7 Å². The third kappa shape index (κ3) is 4.35. The first-order chi connectivity index (χ1) is 16.5. The van der Waals surface area contributed by atoms with Crippen LogP contribution in [0.15, 0.2) is 67.0 Å². The highest BCUT2D eigenvalue weighted by Gasteiger charge is 2.35. The summed E-state index contributed by atoms with van der Waals surface area (Å²) < 4.78 is 1.89. The third-order valence-electron chi connectivity index (χ3n) is 6.92. The Morgan fingerprint density at radius 3 is 2.32 bits per heavy atom. The standard InChI is InChI=1S/C27H31N5O2/c1-20-16-22-8-3-5-10-25(22)31(20)27(34)19-29(14-15-30-13-7-12-28-30)18-24-17-23-9-4-6-11-26(23)32(24)21(2)33/h3-13,20,24H,14-19H2,1-2H3. The molecule has 0 radical (unpaired) electrons. The maximum atomic E-state index is 13.6. The molecule has 5 rings (SSSR count). The highest BCUT2D eigenvalue weighted by molar-refractivity contribution is 5.97. The lowest BCUT2D eigenvalue weighted by Gasteiger charge is -2.32. The predicted octanol–water partition coefficient (Wildman–Crippen LogP) is 3.14. The molecule has 0 fully saturated rings. The van der Waals surface area contributed by atoms with Crippen molar-refractivity contribution in [2.24, 2.45) is 0 Å². The van der Waals surface area contributed by atoms with Crippen LogP contribution < -0.4 is 9.80 Å². The molecule has 2 unspecified atom stereocenters. The first-order valence-electron chi connectivity index (χ1n) is 12.0. The Labute approximate surface area is 200 Å². The Morgan fingerprint density at radius 2 is 1.65 bits per heavy atom. The second-order valence-corrected chi connectivity index (χ2v) is 9.33. The van der Waals surface area contributed by atoms with Gasteiger partial charge in [-0.1, -0.05) is 36.4 Å². The number of anilines is 2. The lowest BCUT2D eigenvalue weighted by Crippen LogP contribution is -2.49. The van der Waals surface area contributed by atoms with E-state index in [0.717, 1.165) is 24.2 Å². The van der Waals surface area contributed by atoms with E-state index in [-0.39, 0.29) is 23.9 Å². The van der Waals surface area contributed by atoms with Crippen LogP contribution in [0.5, 0.6) is 0 Å². The molecule has 7 nitrogen and oxygen atoms in total. The molecule has 176 valence electrons. The summed E-state index contributed by atoms with van der Waals surface area (Å²) in [5.74, 6) is 0.137. The highest BCUT2D eigenvalue weighted by atomic mass is 16.2. The monoisotopic (exact) mass is 457 g/mol. The van der Waals surface area contributed by atoms with E-state index in [4.69, 9.17) is 0 Å². The minimum atomic E-state index is 0.00334. The summed E-state index contributed by atoms with van der Waals surface area (Å²) in [7, 11) is 0. The molecule has 0 spiro atoms. The van der Waals surface area contributed by atoms with Crippen molar-refractivity contribution >= 4 is 23.2 Å². The van der Waals surface area contributed by atoms with Crippen LogP contribution in [0, 0.1) is 0 Å². The second kappa shape index (κ2) is 9.43. The molecule has 7 heteroatoms. The van der Waals surface area contributed by atoms with Crippen LogP contribution in [0.25, 0.3) is 0 Å². The fourth-order valence-corrected chi connectivity index (χ4v) is 5.46. The Balaban J connectivity index is 1.35. The number of fused-ring (bicyclic) bond motifs is 2. The molecule has 2 atom stereocenters. The summed E-state index contributed by atoms with van der Waals surface area (Å²) in [4.78, 5) is 32.2. The quantitative estimate of drug-likeness (QED) is 0.547. The molecular weight excluding hydrogens is 426 g/mol. The van der Waals surface area contributed by atoms with E-state index >= 15 is 0 Å². The van der Waals surface area contributed by atoms with Gasteiger partial charge in [-0.3, -0.25) is 19.2 Å². The largest absolute Gasteiger partial charge is 0.308 e. The average molecular weight is 458 g/mol. The van der Waals surface area contributed by atoms with E-state index in [1.54, 1.807) is 13.1 Å². The molecule has 34 heavy (non-hydrogen) atoms. The molecule has 2 aliphatic heterocycles. The van der Waals surface area contributed by atoms with Gasteiger partial charge in [0.05, 0.1) is 19.1 Å². The Hall–Kier alpha value is -3.45. The maximum absolute atomic E-state index is 13.6. The van der Waals surface area contributed by atoms with Gasteiger partial charge >= 0.3 is 0 Å². The number of amides is 2. The Bertz CT molecular complexity index is 1180. The van der Waals surface area contributed by atoms with Crippen LogP contribution in [-0.2, 0) is 29.0 Å². The molecule has 0 saturated heterocycles. The first kappa shape index (κ1) is 22.3. The van der Waals surface area contributed by atoms with Gasteiger partial charge in [-0.05, 0) is 49.1 Å².